The molecule has 0 saturated heterocycles. The van der Waals surface area contributed by atoms with Crippen molar-refractivity contribution in [2.24, 2.45) is 0 Å². The largest absolute Gasteiger partial charge is 0.319 e. The first-order valence-electron chi connectivity index (χ1n) is 2.10. The van der Waals surface area contributed by atoms with Crippen LogP contribution in [-0.2, 0) is 4.79 Å². The van der Waals surface area contributed by atoms with E-state index in [0.717, 1.165) is 0 Å². The average Bonchev–Trinajstić information content (AvgIpc) is 1.61. The van der Waals surface area contributed by atoms with Crippen molar-refractivity contribution in [1.82, 2.24) is 5.32 Å². The van der Waals surface area contributed by atoms with E-state index in [0.29, 0.717) is 13.0 Å². The molecule has 0 aromatic carbocycles. The third kappa shape index (κ3) is 5.92. The van der Waals surface area contributed by atoms with Crippen LogP contribution in [0.3, 0.4) is 0 Å². The van der Waals surface area contributed by atoms with E-state index < -0.39 is 0 Å². The fourth-order valence-corrected chi connectivity index (χ4v) is 0.318. The Morgan fingerprint density at radius 2 is 2.43 bits per heavy atom. The van der Waals surface area contributed by atoms with Crippen molar-refractivity contribution < 1.29 is 4.79 Å². The molecule has 0 radical (unpaired) electrons. The maximum Gasteiger partial charge on any atom is 0.222 e. The van der Waals surface area contributed by atoms with E-state index in [1.165, 1.54) is 0 Å². The SMILES string of the molecule is CNCCC(=O)Cl. The molecule has 0 rings (SSSR count). The minimum absolute atomic E-state index is 0.283. The monoisotopic (exact) mass is 121 g/mol. The first kappa shape index (κ1) is 6.92. The fraction of sp³-hybridized carbons (Fsp3) is 0.750. The highest BCUT2D eigenvalue weighted by Gasteiger charge is 1.89. The predicted octanol–water partition coefficient (Wildman–Crippen LogP) is 0.361. The summed E-state index contributed by atoms with van der Waals surface area (Å²) in [5, 5.41) is 2.51. The third-order valence-electron chi connectivity index (χ3n) is 0.572. The fourth-order valence-electron chi connectivity index (χ4n) is 0.223. The maximum absolute atomic E-state index is 9.93. The maximum atomic E-state index is 9.93. The second-order valence-electron chi connectivity index (χ2n) is 1.21. The lowest BCUT2D eigenvalue weighted by atomic mass is 10.5. The van der Waals surface area contributed by atoms with Gasteiger partial charge >= 0.3 is 0 Å². The molecule has 3 heteroatoms. The summed E-state index contributed by atoms with van der Waals surface area (Å²) in [4.78, 5) is 9.93. The zero-order chi connectivity index (χ0) is 5.70. The normalized spacial score (nSPS) is 8.86. The topological polar surface area (TPSA) is 29.1 Å². The van der Waals surface area contributed by atoms with Gasteiger partial charge in [0.1, 0.15) is 0 Å². The minimum atomic E-state index is -0.283. The zero-order valence-corrected chi connectivity index (χ0v) is 4.96. The first-order valence-corrected chi connectivity index (χ1v) is 2.48. The summed E-state index contributed by atoms with van der Waals surface area (Å²) < 4.78 is 0. The van der Waals surface area contributed by atoms with Gasteiger partial charge in [-0.1, -0.05) is 0 Å². The van der Waals surface area contributed by atoms with Gasteiger partial charge in [0, 0.05) is 13.0 Å². The van der Waals surface area contributed by atoms with Crippen molar-refractivity contribution in [3.05, 3.63) is 0 Å². The molecule has 0 aromatic rings. The van der Waals surface area contributed by atoms with Crippen LogP contribution in [0.25, 0.3) is 0 Å². The van der Waals surface area contributed by atoms with Crippen molar-refractivity contribution in [3.8, 4) is 0 Å². The molecule has 1 N–H and O–H groups in total. The van der Waals surface area contributed by atoms with Crippen molar-refractivity contribution in [1.29, 1.82) is 0 Å². The molecule has 0 aromatic heterocycles. The Morgan fingerprint density at radius 3 is 2.57 bits per heavy atom. The number of carbonyl (C=O) groups is 1. The lowest BCUT2D eigenvalue weighted by molar-refractivity contribution is -0.111. The summed E-state index contributed by atoms with van der Waals surface area (Å²) in [5.74, 6) is 0. The Hall–Kier alpha value is -0.0800. The van der Waals surface area contributed by atoms with Gasteiger partial charge in [0.2, 0.25) is 5.24 Å². The molecule has 0 heterocycles. The van der Waals surface area contributed by atoms with E-state index >= 15 is 0 Å². The summed E-state index contributed by atoms with van der Waals surface area (Å²) in [6, 6.07) is 0. The van der Waals surface area contributed by atoms with Crippen LogP contribution in [0, 0.1) is 0 Å². The average molecular weight is 122 g/mol. The van der Waals surface area contributed by atoms with Crippen LogP contribution >= 0.6 is 11.6 Å². The highest BCUT2D eigenvalue weighted by molar-refractivity contribution is 6.63. The van der Waals surface area contributed by atoms with E-state index in [1.54, 1.807) is 7.05 Å². The van der Waals surface area contributed by atoms with E-state index in [1.807, 2.05) is 0 Å². The summed E-state index contributed by atoms with van der Waals surface area (Å²) in [5.41, 5.74) is 0. The Bertz CT molecular complexity index is 64.7. The molecule has 7 heavy (non-hydrogen) atoms. The van der Waals surface area contributed by atoms with Crippen molar-refractivity contribution in [2.75, 3.05) is 13.6 Å². The van der Waals surface area contributed by atoms with Gasteiger partial charge in [-0.25, -0.2) is 0 Å². The second-order valence-corrected chi connectivity index (χ2v) is 1.63. The van der Waals surface area contributed by atoms with Gasteiger partial charge < -0.3 is 5.32 Å². The zero-order valence-electron chi connectivity index (χ0n) is 4.20. The van der Waals surface area contributed by atoms with Crippen LogP contribution in [0.15, 0.2) is 0 Å². The molecular weight excluding hydrogens is 114 g/mol. The molecule has 42 valence electrons. The molecule has 0 aliphatic heterocycles. The van der Waals surface area contributed by atoms with Gasteiger partial charge in [0.15, 0.2) is 0 Å². The number of carbonyl (C=O) groups excluding carboxylic acids is 1. The predicted molar refractivity (Wildman–Crippen MR) is 29.4 cm³/mol. The number of hydrogen-bond acceptors (Lipinski definition) is 2. The molecule has 2 nitrogen and oxygen atoms in total. The van der Waals surface area contributed by atoms with Crippen LogP contribution in [0.4, 0.5) is 0 Å². The van der Waals surface area contributed by atoms with Crippen LogP contribution in [0.5, 0.6) is 0 Å². The van der Waals surface area contributed by atoms with E-state index in [-0.39, 0.29) is 5.24 Å². The lowest BCUT2D eigenvalue weighted by Gasteiger charge is -1.88. The molecular formula is C4H8ClNO. The Balaban J connectivity index is 2.82. The van der Waals surface area contributed by atoms with Gasteiger partial charge in [-0.3, -0.25) is 4.79 Å². The Labute approximate surface area is 47.8 Å². The Morgan fingerprint density at radius 1 is 1.86 bits per heavy atom. The number of hydrogen-bond donors (Lipinski definition) is 1. The van der Waals surface area contributed by atoms with E-state index in [4.69, 9.17) is 11.6 Å². The van der Waals surface area contributed by atoms with E-state index in [2.05, 4.69) is 5.32 Å². The van der Waals surface area contributed by atoms with Crippen molar-refractivity contribution in [3.63, 3.8) is 0 Å². The van der Waals surface area contributed by atoms with Crippen molar-refractivity contribution >= 4 is 16.8 Å². The molecule has 0 spiro atoms. The number of rotatable bonds is 3. The molecule has 0 aliphatic rings. The highest BCUT2D eigenvalue weighted by atomic mass is 35.5. The summed E-state index contributed by atoms with van der Waals surface area (Å²) in [6.45, 7) is 0.669. The van der Waals surface area contributed by atoms with Gasteiger partial charge in [0.25, 0.3) is 0 Å². The van der Waals surface area contributed by atoms with Crippen LogP contribution in [0.2, 0.25) is 0 Å². The first-order chi connectivity index (χ1) is 3.27. The summed E-state index contributed by atoms with van der Waals surface area (Å²) >= 11 is 4.98. The molecule has 0 saturated carbocycles. The third-order valence-corrected chi connectivity index (χ3v) is 0.761. The van der Waals surface area contributed by atoms with Crippen LogP contribution in [-0.4, -0.2) is 18.8 Å². The molecule has 0 bridgehead atoms. The second kappa shape index (κ2) is 4.09. The molecule has 0 fully saturated rings. The molecule has 0 atom stereocenters. The summed E-state index contributed by atoms with van der Waals surface area (Å²) in [7, 11) is 1.78. The minimum Gasteiger partial charge on any atom is -0.319 e. The van der Waals surface area contributed by atoms with E-state index in [9.17, 15) is 4.79 Å². The molecule has 0 unspecified atom stereocenters. The number of halogens is 1. The summed E-state index contributed by atoms with van der Waals surface area (Å²) in [6.07, 6.45) is 0.415. The molecule has 0 amide bonds. The Kier molecular flexibility index (Phi) is 4.04. The quantitative estimate of drug-likeness (QED) is 0.547. The van der Waals surface area contributed by atoms with Gasteiger partial charge in [-0.05, 0) is 18.6 Å². The van der Waals surface area contributed by atoms with Gasteiger partial charge in [0.05, 0.1) is 0 Å². The van der Waals surface area contributed by atoms with Gasteiger partial charge in [-0.15, -0.1) is 0 Å². The van der Waals surface area contributed by atoms with Gasteiger partial charge in [-0.2, -0.15) is 0 Å². The van der Waals surface area contributed by atoms with Crippen LogP contribution < -0.4 is 5.32 Å². The standard InChI is InChI=1S/C4H8ClNO/c1-6-3-2-4(5)7/h6H,2-3H2,1H3. The number of nitrogens with one attached hydrogen (secondary N) is 1. The van der Waals surface area contributed by atoms with Crippen molar-refractivity contribution in [2.45, 2.75) is 6.42 Å². The smallest absolute Gasteiger partial charge is 0.222 e. The lowest BCUT2D eigenvalue weighted by Crippen LogP contribution is -2.09. The molecule has 0 aliphatic carbocycles. The highest BCUT2D eigenvalue weighted by Crippen LogP contribution is 1.83. The van der Waals surface area contributed by atoms with Crippen LogP contribution in [0.1, 0.15) is 6.42 Å².